The number of nitrogens with two attached hydrogens (primary N) is 3. The lowest BCUT2D eigenvalue weighted by Crippen LogP contribution is -2.44. The summed E-state index contributed by atoms with van der Waals surface area (Å²) in [6.45, 7) is 2.20. The van der Waals surface area contributed by atoms with Crippen LogP contribution in [0.15, 0.2) is 30.5 Å². The number of aliphatic hydroxyl groups is 1. The van der Waals surface area contributed by atoms with E-state index in [1.54, 1.807) is 24.4 Å². The molecular weight excluding hydrogens is 464 g/mol. The molecule has 0 bridgehead atoms. The maximum atomic E-state index is 11.9. The smallest absolute Gasteiger partial charge is 0.240 e. The van der Waals surface area contributed by atoms with E-state index in [9.17, 15) is 19.5 Å². The van der Waals surface area contributed by atoms with Crippen molar-refractivity contribution in [2.24, 2.45) is 17.2 Å². The quantitative estimate of drug-likeness (QED) is 0.294. The fraction of sp³-hybridized carbons (Fsp3) is 0.520. The first-order chi connectivity index (χ1) is 16.2. The summed E-state index contributed by atoms with van der Waals surface area (Å²) in [6, 6.07) is 5.41. The van der Waals surface area contributed by atoms with Crippen LogP contribution in [0.3, 0.4) is 0 Å². The van der Waals surface area contributed by atoms with Gasteiger partial charge in [0.2, 0.25) is 11.8 Å². The van der Waals surface area contributed by atoms with Gasteiger partial charge < -0.3 is 37.3 Å². The summed E-state index contributed by atoms with van der Waals surface area (Å²) in [7, 11) is 0. The molecule has 11 heteroatoms. The molecule has 9 N–H and O–H groups in total. The molecule has 0 aliphatic carbocycles. The van der Waals surface area contributed by atoms with Crippen LogP contribution >= 0.6 is 0 Å². The zero-order valence-electron chi connectivity index (χ0n) is 19.3. The molecule has 1 unspecified atom stereocenters. The Labute approximate surface area is 213 Å². The third-order valence-corrected chi connectivity index (χ3v) is 5.68. The number of aromatic amines is 1. The number of phenols is 1. The SMILES string of the molecule is C.C.CC[C@H](N)C(=O)CCC(=O)N1CCCC1C(N)=O.N[C@@H](CO)c1ncc(-c2ccccc2O)[nH]1. The van der Waals surface area contributed by atoms with Gasteiger partial charge in [-0.25, -0.2) is 4.98 Å². The number of likely N-dealkylation sites (tertiary alicyclic amines) is 1. The first-order valence-corrected chi connectivity index (χ1v) is 11.3. The second kappa shape index (κ2) is 15.7. The van der Waals surface area contributed by atoms with Crippen molar-refractivity contribution in [3.63, 3.8) is 0 Å². The molecule has 3 rings (SSSR count). The zero-order chi connectivity index (χ0) is 25.3. The highest BCUT2D eigenvalue weighted by atomic mass is 16.3. The van der Waals surface area contributed by atoms with Crippen LogP contribution in [0, 0.1) is 0 Å². The van der Waals surface area contributed by atoms with E-state index in [0.717, 1.165) is 6.42 Å². The van der Waals surface area contributed by atoms with Crippen molar-refractivity contribution in [1.29, 1.82) is 0 Å². The number of amides is 2. The van der Waals surface area contributed by atoms with Crippen molar-refractivity contribution >= 4 is 17.6 Å². The molecule has 36 heavy (non-hydrogen) atoms. The Bertz CT molecular complexity index is 979. The minimum atomic E-state index is -0.528. The first kappa shape index (κ1) is 32.7. The van der Waals surface area contributed by atoms with Gasteiger partial charge in [-0.3, -0.25) is 14.4 Å². The number of imidazole rings is 1. The molecule has 0 saturated carbocycles. The van der Waals surface area contributed by atoms with Gasteiger partial charge in [0.25, 0.3) is 0 Å². The van der Waals surface area contributed by atoms with E-state index in [0.29, 0.717) is 36.5 Å². The number of hydrogen-bond acceptors (Lipinski definition) is 8. The van der Waals surface area contributed by atoms with Gasteiger partial charge in [-0.1, -0.05) is 33.9 Å². The van der Waals surface area contributed by atoms with Gasteiger partial charge >= 0.3 is 0 Å². The second-order valence-corrected chi connectivity index (χ2v) is 8.12. The Morgan fingerprint density at radius 2 is 1.86 bits per heavy atom. The molecule has 3 atom stereocenters. The van der Waals surface area contributed by atoms with Gasteiger partial charge in [0, 0.05) is 24.9 Å². The number of benzene rings is 1. The molecule has 1 aliphatic heterocycles. The molecular formula is C25H42N6O5. The van der Waals surface area contributed by atoms with Crippen molar-refractivity contribution in [3.05, 3.63) is 36.3 Å². The number of aromatic nitrogens is 2. The lowest BCUT2D eigenvalue weighted by Gasteiger charge is -2.22. The Morgan fingerprint density at radius 3 is 2.44 bits per heavy atom. The molecule has 11 nitrogen and oxygen atoms in total. The number of phenolic OH excluding ortho intramolecular Hbond substituents is 1. The summed E-state index contributed by atoms with van der Waals surface area (Å²) >= 11 is 0. The summed E-state index contributed by atoms with van der Waals surface area (Å²) in [4.78, 5) is 43.1. The fourth-order valence-corrected chi connectivity index (χ4v) is 3.60. The van der Waals surface area contributed by atoms with Gasteiger partial charge in [-0.05, 0) is 31.4 Å². The maximum absolute atomic E-state index is 11.9. The van der Waals surface area contributed by atoms with Crippen LogP contribution in [0.25, 0.3) is 11.3 Å². The van der Waals surface area contributed by atoms with Gasteiger partial charge in [-0.15, -0.1) is 0 Å². The number of ketones is 1. The fourth-order valence-electron chi connectivity index (χ4n) is 3.60. The Morgan fingerprint density at radius 1 is 1.19 bits per heavy atom. The third kappa shape index (κ3) is 8.74. The number of Topliss-reactive ketones (excluding diaryl/α,β-unsaturated/α-hetero) is 1. The molecule has 202 valence electrons. The minimum Gasteiger partial charge on any atom is -0.507 e. The second-order valence-electron chi connectivity index (χ2n) is 8.12. The molecule has 1 aromatic heterocycles. The number of nitrogens with zero attached hydrogens (tertiary/aromatic N) is 2. The van der Waals surface area contributed by atoms with Crippen LogP contribution in [0.5, 0.6) is 5.75 Å². The predicted octanol–water partition coefficient (Wildman–Crippen LogP) is 1.60. The number of primary amides is 1. The van der Waals surface area contributed by atoms with Crippen molar-refractivity contribution in [2.45, 2.75) is 72.0 Å². The van der Waals surface area contributed by atoms with Crippen LogP contribution in [-0.4, -0.2) is 67.9 Å². The van der Waals surface area contributed by atoms with E-state index in [2.05, 4.69) is 9.97 Å². The third-order valence-electron chi connectivity index (χ3n) is 5.68. The average Bonchev–Trinajstić information content (AvgIpc) is 3.52. The highest BCUT2D eigenvalue weighted by Gasteiger charge is 2.32. The van der Waals surface area contributed by atoms with E-state index in [4.69, 9.17) is 22.3 Å². The highest BCUT2D eigenvalue weighted by molar-refractivity contribution is 5.91. The molecule has 1 saturated heterocycles. The van der Waals surface area contributed by atoms with Crippen LogP contribution in [0.1, 0.15) is 65.7 Å². The Balaban J connectivity index is 0.000000647. The summed E-state index contributed by atoms with van der Waals surface area (Å²) < 4.78 is 0. The predicted molar refractivity (Wildman–Crippen MR) is 140 cm³/mol. The maximum Gasteiger partial charge on any atom is 0.240 e. The van der Waals surface area contributed by atoms with Gasteiger partial charge in [0.05, 0.1) is 30.6 Å². The Hall–Kier alpha value is -3.28. The number of para-hydroxylation sites is 1. The van der Waals surface area contributed by atoms with Crippen molar-refractivity contribution in [3.8, 4) is 17.0 Å². The summed E-state index contributed by atoms with van der Waals surface area (Å²) in [5.41, 5.74) is 17.8. The highest BCUT2D eigenvalue weighted by Crippen LogP contribution is 2.27. The standard InChI is InChI=1S/C12H21N3O3.C11H13N3O2.2CH4/c1-2-8(13)10(16)5-6-11(17)15-7-3-4-9(15)12(14)18;12-8(6-15)11-13-5-9(14-11)7-3-1-2-4-10(7)16;;/h8-9H,2-7,13H2,1H3,(H2,14,18);1-5,8,15-16H,6,12H2,(H,13,14);2*1H4/t8-,9?;8-;;/m00../s1. The van der Waals surface area contributed by atoms with E-state index in [1.807, 2.05) is 13.0 Å². The zero-order valence-corrected chi connectivity index (χ0v) is 19.3. The summed E-state index contributed by atoms with van der Waals surface area (Å²) in [5, 5.41) is 18.5. The number of carbonyl (C=O) groups excluding carboxylic acids is 3. The topological polar surface area (TPSA) is 202 Å². The summed E-state index contributed by atoms with van der Waals surface area (Å²) in [5.74, 6) is -0.0953. The molecule has 1 aromatic carbocycles. The van der Waals surface area contributed by atoms with E-state index in [1.165, 1.54) is 4.90 Å². The minimum absolute atomic E-state index is 0. The summed E-state index contributed by atoms with van der Waals surface area (Å²) in [6.07, 6.45) is 3.79. The monoisotopic (exact) mass is 506 g/mol. The Kier molecular flexibility index (Phi) is 14.2. The molecule has 1 aliphatic rings. The van der Waals surface area contributed by atoms with Crippen LogP contribution in [-0.2, 0) is 14.4 Å². The van der Waals surface area contributed by atoms with Crippen LogP contribution < -0.4 is 17.2 Å². The largest absolute Gasteiger partial charge is 0.507 e. The molecule has 1 fully saturated rings. The molecule has 0 radical (unpaired) electrons. The number of nitrogens with one attached hydrogen (secondary N) is 1. The average molecular weight is 507 g/mol. The number of aliphatic hydroxyl groups excluding tert-OH is 1. The van der Waals surface area contributed by atoms with Crippen LogP contribution in [0.4, 0.5) is 0 Å². The molecule has 2 aromatic rings. The van der Waals surface area contributed by atoms with Crippen molar-refractivity contribution in [2.75, 3.05) is 13.2 Å². The molecule has 0 spiro atoms. The van der Waals surface area contributed by atoms with Gasteiger partial charge in [-0.2, -0.15) is 0 Å². The number of H-pyrrole nitrogens is 1. The van der Waals surface area contributed by atoms with Crippen molar-refractivity contribution < 1.29 is 24.6 Å². The first-order valence-electron chi connectivity index (χ1n) is 11.3. The van der Waals surface area contributed by atoms with Crippen molar-refractivity contribution in [1.82, 2.24) is 14.9 Å². The molecule has 2 heterocycles. The molecule has 2 amide bonds. The van der Waals surface area contributed by atoms with Crippen LogP contribution in [0.2, 0.25) is 0 Å². The number of carbonyl (C=O) groups is 3. The van der Waals surface area contributed by atoms with Gasteiger partial charge in [0.1, 0.15) is 23.4 Å². The van der Waals surface area contributed by atoms with Gasteiger partial charge in [0.15, 0.2) is 0 Å². The van der Waals surface area contributed by atoms with E-state index in [-0.39, 0.29) is 51.7 Å². The number of hydrogen-bond donors (Lipinski definition) is 6. The number of aromatic hydroxyl groups is 1. The van der Waals surface area contributed by atoms with E-state index >= 15 is 0 Å². The lowest BCUT2D eigenvalue weighted by molar-refractivity contribution is -0.138. The lowest BCUT2D eigenvalue weighted by atomic mass is 10.1. The van der Waals surface area contributed by atoms with E-state index < -0.39 is 24.0 Å². The number of rotatable bonds is 9. The normalized spacial score (nSPS) is 16.0.